The smallest absolute Gasteiger partial charge is 0.192 e. The molecule has 0 N–H and O–H groups in total. The summed E-state index contributed by atoms with van der Waals surface area (Å²) < 4.78 is 12.6. The highest BCUT2D eigenvalue weighted by molar-refractivity contribution is 6.47. The first-order valence-electron chi connectivity index (χ1n) is 12.7. The molecule has 2 rings (SSSR count). The van der Waals surface area contributed by atoms with Crippen molar-refractivity contribution in [1.29, 1.82) is 0 Å². The zero-order valence-corrected chi connectivity index (χ0v) is 23.7. The molecular weight excluding hydrogens is 424 g/mol. The van der Waals surface area contributed by atoms with E-state index in [0.29, 0.717) is 12.2 Å². The van der Waals surface area contributed by atoms with Crippen LogP contribution in [-0.2, 0) is 8.85 Å². The van der Waals surface area contributed by atoms with Gasteiger partial charge < -0.3 is 8.85 Å². The van der Waals surface area contributed by atoms with Gasteiger partial charge in [0.1, 0.15) is 0 Å². The van der Waals surface area contributed by atoms with Gasteiger partial charge in [0, 0.05) is 12.2 Å². The molecule has 0 fully saturated rings. The second-order valence-electron chi connectivity index (χ2n) is 8.89. The average Bonchev–Trinajstić information content (AvgIpc) is 2.82. The van der Waals surface area contributed by atoms with Crippen molar-refractivity contribution in [2.45, 2.75) is 91.3 Å². The van der Waals surface area contributed by atoms with E-state index in [2.05, 4.69) is 82.8 Å². The van der Waals surface area contributed by atoms with Crippen LogP contribution < -0.4 is 10.4 Å². The summed E-state index contributed by atoms with van der Waals surface area (Å²) in [7, 11) is -1.34. The molecule has 0 saturated heterocycles. The molecule has 0 bridgehead atoms. The topological polar surface area (TPSA) is 18.5 Å². The first kappa shape index (κ1) is 26.8. The van der Waals surface area contributed by atoms with Crippen LogP contribution >= 0.6 is 0 Å². The third-order valence-electron chi connectivity index (χ3n) is 6.02. The van der Waals surface area contributed by atoms with E-state index in [1.807, 2.05) is 0 Å². The Morgan fingerprint density at radius 1 is 0.625 bits per heavy atom. The highest BCUT2D eigenvalue weighted by Crippen LogP contribution is 2.20. The van der Waals surface area contributed by atoms with E-state index in [9.17, 15) is 0 Å². The van der Waals surface area contributed by atoms with Gasteiger partial charge in [0.15, 0.2) is 19.5 Å². The van der Waals surface area contributed by atoms with Gasteiger partial charge in [-0.25, -0.2) is 0 Å². The van der Waals surface area contributed by atoms with Gasteiger partial charge in [-0.15, -0.1) is 0 Å². The van der Waals surface area contributed by atoms with E-state index < -0.39 is 19.5 Å². The Balaban J connectivity index is 1.90. The number of hydrogen-bond acceptors (Lipinski definition) is 2. The Morgan fingerprint density at radius 2 is 0.938 bits per heavy atom. The Morgan fingerprint density at radius 3 is 1.22 bits per heavy atom. The molecule has 0 aliphatic carbocycles. The van der Waals surface area contributed by atoms with E-state index in [1.54, 1.807) is 0 Å². The standard InChI is InChI=1S/C28H44O2Si2/c1-6-10-25(11-7-2)29-31-27-18-14-23(15-19-27)22(5)24-16-20-28(21-17-24)32-30-26(12-8-3)13-9-4/h14-21,25-26H,5-13,31-32H2,1-4H3. The molecular formula is C28H44O2Si2. The minimum Gasteiger partial charge on any atom is -0.416 e. The van der Waals surface area contributed by atoms with Gasteiger partial charge in [-0.1, -0.05) is 108 Å². The SMILES string of the molecule is C=C(c1ccc([SiH2]OC(CCC)CCC)cc1)c1ccc([SiH2]OC(CCC)CCC)cc1. The molecule has 0 aromatic heterocycles. The molecule has 32 heavy (non-hydrogen) atoms. The highest BCUT2D eigenvalue weighted by atomic mass is 28.2. The van der Waals surface area contributed by atoms with Gasteiger partial charge in [0.05, 0.1) is 0 Å². The van der Waals surface area contributed by atoms with Crippen molar-refractivity contribution in [2.75, 3.05) is 0 Å². The molecule has 176 valence electrons. The number of benzene rings is 2. The summed E-state index contributed by atoms with van der Waals surface area (Å²) in [5, 5.41) is 2.73. The van der Waals surface area contributed by atoms with Crippen LogP contribution in [0.2, 0.25) is 0 Å². The largest absolute Gasteiger partial charge is 0.416 e. The van der Waals surface area contributed by atoms with Crippen LogP contribution in [0.3, 0.4) is 0 Å². The first-order valence-corrected chi connectivity index (χ1v) is 15.3. The van der Waals surface area contributed by atoms with Crippen LogP contribution in [0.5, 0.6) is 0 Å². The zero-order chi connectivity index (χ0) is 23.2. The lowest BCUT2D eigenvalue weighted by atomic mass is 10.00. The fourth-order valence-electron chi connectivity index (χ4n) is 4.11. The normalized spacial score (nSPS) is 12.2. The molecule has 2 aromatic carbocycles. The van der Waals surface area contributed by atoms with Crippen LogP contribution in [-0.4, -0.2) is 31.7 Å². The van der Waals surface area contributed by atoms with E-state index >= 15 is 0 Å². The Hall–Kier alpha value is -1.47. The van der Waals surface area contributed by atoms with Gasteiger partial charge >= 0.3 is 0 Å². The van der Waals surface area contributed by atoms with Crippen LogP contribution in [0.1, 0.15) is 90.2 Å². The van der Waals surface area contributed by atoms with Gasteiger partial charge in [0.2, 0.25) is 0 Å². The van der Waals surface area contributed by atoms with E-state index in [4.69, 9.17) is 8.85 Å². The Labute approximate surface area is 201 Å². The summed E-state index contributed by atoms with van der Waals surface area (Å²) in [5.41, 5.74) is 3.46. The third kappa shape index (κ3) is 9.18. The van der Waals surface area contributed by atoms with E-state index in [0.717, 1.165) is 5.57 Å². The lowest BCUT2D eigenvalue weighted by molar-refractivity contribution is 0.191. The second kappa shape index (κ2) is 15.4. The average molecular weight is 469 g/mol. The Bertz CT molecular complexity index is 694. The monoisotopic (exact) mass is 468 g/mol. The molecule has 4 heteroatoms. The maximum absolute atomic E-state index is 6.29. The van der Waals surface area contributed by atoms with Gasteiger partial charge in [0.25, 0.3) is 0 Å². The van der Waals surface area contributed by atoms with Crippen molar-refractivity contribution in [3.63, 3.8) is 0 Å². The predicted octanol–water partition coefficient (Wildman–Crippen LogP) is 5.14. The van der Waals surface area contributed by atoms with Crippen molar-refractivity contribution >= 4 is 35.5 Å². The molecule has 2 nitrogen and oxygen atoms in total. The van der Waals surface area contributed by atoms with Crippen LogP contribution in [0.15, 0.2) is 55.1 Å². The van der Waals surface area contributed by atoms with Gasteiger partial charge in [-0.2, -0.15) is 0 Å². The summed E-state index contributed by atoms with van der Waals surface area (Å²) >= 11 is 0. The molecule has 0 spiro atoms. The summed E-state index contributed by atoms with van der Waals surface area (Å²) in [6.45, 7) is 13.3. The van der Waals surface area contributed by atoms with E-state index in [-0.39, 0.29) is 0 Å². The Kier molecular flexibility index (Phi) is 12.9. The quantitative estimate of drug-likeness (QED) is 0.318. The molecule has 0 aliphatic rings. The molecule has 0 amide bonds. The molecule has 0 aliphatic heterocycles. The first-order chi connectivity index (χ1) is 15.6. The second-order valence-corrected chi connectivity index (χ2v) is 11.8. The van der Waals surface area contributed by atoms with Crippen LogP contribution in [0, 0.1) is 0 Å². The summed E-state index contributed by atoms with van der Waals surface area (Å²) in [5.74, 6) is 0. The number of hydrogen-bond donors (Lipinski definition) is 0. The minimum absolute atomic E-state index is 0.441. The minimum atomic E-state index is -0.668. The van der Waals surface area contributed by atoms with Crippen molar-refractivity contribution in [2.24, 2.45) is 0 Å². The van der Waals surface area contributed by atoms with E-state index in [1.165, 1.54) is 72.9 Å². The fraction of sp³-hybridized carbons (Fsp3) is 0.500. The summed E-state index contributed by atoms with van der Waals surface area (Å²) in [6, 6.07) is 17.7. The maximum atomic E-state index is 6.29. The molecule has 2 aromatic rings. The van der Waals surface area contributed by atoms with Gasteiger partial charge in [-0.3, -0.25) is 0 Å². The van der Waals surface area contributed by atoms with Crippen molar-refractivity contribution in [1.82, 2.24) is 0 Å². The lowest BCUT2D eigenvalue weighted by Crippen LogP contribution is -2.24. The number of rotatable bonds is 16. The zero-order valence-electron chi connectivity index (χ0n) is 20.9. The predicted molar refractivity (Wildman–Crippen MR) is 147 cm³/mol. The molecule has 0 unspecified atom stereocenters. The maximum Gasteiger partial charge on any atom is 0.192 e. The lowest BCUT2D eigenvalue weighted by Gasteiger charge is -2.17. The van der Waals surface area contributed by atoms with Crippen molar-refractivity contribution < 1.29 is 8.85 Å². The van der Waals surface area contributed by atoms with Crippen LogP contribution in [0.4, 0.5) is 0 Å². The van der Waals surface area contributed by atoms with Crippen LogP contribution in [0.25, 0.3) is 5.57 Å². The van der Waals surface area contributed by atoms with Gasteiger partial charge in [-0.05, 0) is 52.8 Å². The molecule has 0 atom stereocenters. The fourth-order valence-corrected chi connectivity index (χ4v) is 6.49. The molecule has 0 heterocycles. The molecule has 0 saturated carbocycles. The third-order valence-corrected chi connectivity index (χ3v) is 8.90. The van der Waals surface area contributed by atoms with Crippen molar-refractivity contribution in [3.8, 4) is 0 Å². The summed E-state index contributed by atoms with van der Waals surface area (Å²) in [6.07, 6.45) is 10.4. The van der Waals surface area contributed by atoms with Crippen molar-refractivity contribution in [3.05, 3.63) is 66.2 Å². The summed E-state index contributed by atoms with van der Waals surface area (Å²) in [4.78, 5) is 0. The highest BCUT2D eigenvalue weighted by Gasteiger charge is 2.10. The molecule has 0 radical (unpaired) electrons.